The van der Waals surface area contributed by atoms with Gasteiger partial charge in [-0.05, 0) is 36.9 Å². The van der Waals surface area contributed by atoms with E-state index in [1.807, 2.05) is 6.92 Å². The Hall–Kier alpha value is -2.82. The van der Waals surface area contributed by atoms with Crippen LogP contribution in [0.3, 0.4) is 0 Å². The number of carbonyl (C=O) groups is 2. The molecule has 0 saturated heterocycles. The van der Waals surface area contributed by atoms with E-state index in [0.29, 0.717) is 16.3 Å². The summed E-state index contributed by atoms with van der Waals surface area (Å²) in [5.74, 6) is 0. The average molecular weight is 468 g/mol. The van der Waals surface area contributed by atoms with Gasteiger partial charge < -0.3 is 10.1 Å². The predicted molar refractivity (Wildman–Crippen MR) is 125 cm³/mol. The smallest absolute Gasteiger partial charge is 0.344 e. The van der Waals surface area contributed by atoms with Crippen molar-refractivity contribution in [2.45, 2.75) is 70.1 Å². The monoisotopic (exact) mass is 467 g/mol. The van der Waals surface area contributed by atoms with E-state index >= 15 is 0 Å². The van der Waals surface area contributed by atoms with Crippen molar-refractivity contribution in [2.24, 2.45) is 0 Å². The Morgan fingerprint density at radius 1 is 1.03 bits per heavy atom. The van der Waals surface area contributed by atoms with Crippen LogP contribution in [0.2, 0.25) is 0 Å². The van der Waals surface area contributed by atoms with Gasteiger partial charge in [0.25, 0.3) is 5.69 Å². The van der Waals surface area contributed by atoms with Crippen LogP contribution in [-0.2, 0) is 4.74 Å². The van der Waals surface area contributed by atoms with Gasteiger partial charge in [-0.15, -0.1) is 0 Å². The van der Waals surface area contributed by atoms with Gasteiger partial charge in [0.15, 0.2) is 0 Å². The van der Waals surface area contributed by atoms with E-state index in [0.717, 1.165) is 56.9 Å². The molecule has 178 valence electrons. The van der Waals surface area contributed by atoms with E-state index in [9.17, 15) is 19.7 Å². The highest BCUT2D eigenvalue weighted by Crippen LogP contribution is 2.19. The number of non-ortho nitro benzene ring substituents is 1. The molecule has 0 saturated carbocycles. The van der Waals surface area contributed by atoms with Crippen LogP contribution in [-0.4, -0.2) is 41.1 Å². The molecule has 0 aliphatic heterocycles. The van der Waals surface area contributed by atoms with Gasteiger partial charge in [0.2, 0.25) is 0 Å². The van der Waals surface area contributed by atoms with Crippen LogP contribution < -0.4 is 10.0 Å². The summed E-state index contributed by atoms with van der Waals surface area (Å²) in [7, 11) is 0. The molecule has 0 heterocycles. The van der Waals surface area contributed by atoms with Crippen molar-refractivity contribution in [1.82, 2.24) is 14.9 Å². The lowest BCUT2D eigenvalue weighted by atomic mass is 10.1. The van der Waals surface area contributed by atoms with Crippen molar-refractivity contribution in [3.05, 3.63) is 34.4 Å². The van der Waals surface area contributed by atoms with Crippen molar-refractivity contribution >= 4 is 35.7 Å². The highest BCUT2D eigenvalue weighted by atomic mass is 32.2. The zero-order valence-electron chi connectivity index (χ0n) is 18.7. The fourth-order valence-electron chi connectivity index (χ4n) is 2.63. The third kappa shape index (κ3) is 10.5. The zero-order chi connectivity index (χ0) is 23.8. The SMILES string of the molecule is CCCCCCCCOC(=N)N(C(=O)NCCCC)C(=O)NSc1ccc([N+](=O)[O-])cc1. The molecule has 0 aromatic heterocycles. The van der Waals surface area contributed by atoms with E-state index < -0.39 is 23.0 Å². The van der Waals surface area contributed by atoms with Gasteiger partial charge in [-0.1, -0.05) is 52.4 Å². The molecule has 1 rings (SSSR count). The van der Waals surface area contributed by atoms with Crippen LogP contribution in [0.4, 0.5) is 15.3 Å². The van der Waals surface area contributed by atoms with Gasteiger partial charge in [-0.2, -0.15) is 4.90 Å². The second kappa shape index (κ2) is 15.9. The first kappa shape index (κ1) is 27.2. The Labute approximate surface area is 193 Å². The number of urea groups is 2. The highest BCUT2D eigenvalue weighted by molar-refractivity contribution is 7.98. The molecule has 1 aromatic rings. The van der Waals surface area contributed by atoms with Crippen LogP contribution in [0.5, 0.6) is 0 Å². The molecule has 1 aromatic carbocycles. The number of carbonyl (C=O) groups excluding carboxylic acids is 2. The molecule has 0 fully saturated rings. The molecule has 0 radical (unpaired) electrons. The topological polar surface area (TPSA) is 138 Å². The van der Waals surface area contributed by atoms with Crippen LogP contribution in [0.15, 0.2) is 29.2 Å². The molecule has 11 heteroatoms. The molecule has 0 unspecified atom stereocenters. The number of unbranched alkanes of at least 4 members (excludes halogenated alkanes) is 6. The quantitative estimate of drug-likeness (QED) is 0.0882. The molecule has 0 atom stereocenters. The standard InChI is InChI=1S/C21H33N5O5S/c1-3-5-7-8-9-10-16-31-19(22)25(20(27)23-15-6-4-2)21(28)24-32-18-13-11-17(12-14-18)26(29)30/h11-14,22H,3-10,15-16H2,1-2H3,(H,23,27)(H,24,28). The van der Waals surface area contributed by atoms with E-state index in [1.165, 1.54) is 30.7 Å². The Kier molecular flexibility index (Phi) is 13.5. The number of ether oxygens (including phenoxy) is 1. The first-order valence-electron chi connectivity index (χ1n) is 10.9. The van der Waals surface area contributed by atoms with Crippen molar-refractivity contribution in [2.75, 3.05) is 13.2 Å². The van der Waals surface area contributed by atoms with Crippen molar-refractivity contribution in [3.8, 4) is 0 Å². The number of amidine groups is 1. The normalized spacial score (nSPS) is 10.3. The summed E-state index contributed by atoms with van der Waals surface area (Å²) in [6.07, 6.45) is 7.89. The van der Waals surface area contributed by atoms with Gasteiger partial charge in [0, 0.05) is 23.6 Å². The van der Waals surface area contributed by atoms with E-state index in [4.69, 9.17) is 10.1 Å². The lowest BCUT2D eigenvalue weighted by molar-refractivity contribution is -0.384. The summed E-state index contributed by atoms with van der Waals surface area (Å²) < 4.78 is 7.83. The lowest BCUT2D eigenvalue weighted by Crippen LogP contribution is -2.51. The predicted octanol–water partition coefficient (Wildman–Crippen LogP) is 5.44. The Morgan fingerprint density at radius 3 is 2.28 bits per heavy atom. The van der Waals surface area contributed by atoms with Crippen LogP contribution in [0.25, 0.3) is 0 Å². The van der Waals surface area contributed by atoms with E-state index in [2.05, 4.69) is 17.0 Å². The number of hydrogen-bond acceptors (Lipinski definition) is 7. The fourth-order valence-corrected chi connectivity index (χ4v) is 3.20. The maximum atomic E-state index is 12.6. The van der Waals surface area contributed by atoms with Gasteiger partial charge >= 0.3 is 18.1 Å². The van der Waals surface area contributed by atoms with Crippen LogP contribution >= 0.6 is 11.9 Å². The van der Waals surface area contributed by atoms with Crippen LogP contribution in [0.1, 0.15) is 65.2 Å². The molecule has 10 nitrogen and oxygen atoms in total. The molecule has 3 N–H and O–H groups in total. The Balaban J connectivity index is 2.64. The van der Waals surface area contributed by atoms with Crippen molar-refractivity contribution in [3.63, 3.8) is 0 Å². The van der Waals surface area contributed by atoms with Crippen molar-refractivity contribution in [1.29, 1.82) is 5.41 Å². The average Bonchev–Trinajstić information content (AvgIpc) is 2.77. The summed E-state index contributed by atoms with van der Waals surface area (Å²) >= 11 is 0.884. The largest absolute Gasteiger partial charge is 0.465 e. The molecular weight excluding hydrogens is 434 g/mol. The number of nitro groups is 1. The minimum Gasteiger partial charge on any atom is -0.465 e. The van der Waals surface area contributed by atoms with Gasteiger partial charge in [-0.25, -0.2) is 9.59 Å². The van der Waals surface area contributed by atoms with Crippen LogP contribution in [0, 0.1) is 15.5 Å². The first-order valence-corrected chi connectivity index (χ1v) is 11.7. The Morgan fingerprint density at radius 2 is 1.66 bits per heavy atom. The maximum absolute atomic E-state index is 12.6. The van der Waals surface area contributed by atoms with Gasteiger partial charge in [0.05, 0.1) is 11.5 Å². The zero-order valence-corrected chi connectivity index (χ0v) is 19.5. The third-order valence-corrected chi connectivity index (χ3v) is 5.24. The number of benzene rings is 1. The number of nitro benzene ring substituents is 1. The van der Waals surface area contributed by atoms with Gasteiger partial charge in [-0.3, -0.25) is 20.2 Å². The number of rotatable bonds is 13. The van der Waals surface area contributed by atoms with E-state index in [1.54, 1.807) is 0 Å². The highest BCUT2D eigenvalue weighted by Gasteiger charge is 2.27. The molecule has 32 heavy (non-hydrogen) atoms. The molecule has 0 aliphatic rings. The second-order valence-corrected chi connectivity index (χ2v) is 7.98. The molecular formula is C21H33N5O5S. The van der Waals surface area contributed by atoms with Gasteiger partial charge in [0.1, 0.15) is 0 Å². The number of amides is 4. The minimum atomic E-state index is -0.838. The van der Waals surface area contributed by atoms with E-state index in [-0.39, 0.29) is 12.3 Å². The molecule has 0 spiro atoms. The summed E-state index contributed by atoms with van der Waals surface area (Å²) in [4.78, 5) is 36.5. The lowest BCUT2D eigenvalue weighted by Gasteiger charge is -2.21. The third-order valence-electron chi connectivity index (χ3n) is 4.46. The summed E-state index contributed by atoms with van der Waals surface area (Å²) in [5.41, 5.74) is -0.0672. The summed E-state index contributed by atoms with van der Waals surface area (Å²) in [6.45, 7) is 4.74. The maximum Gasteiger partial charge on any atom is 0.344 e. The minimum absolute atomic E-state index is 0.0672. The summed E-state index contributed by atoms with van der Waals surface area (Å²) in [5, 5.41) is 21.4. The fraction of sp³-hybridized carbons (Fsp3) is 0.571. The van der Waals surface area contributed by atoms with Crippen molar-refractivity contribution < 1.29 is 19.2 Å². The number of imide groups is 1. The number of nitrogens with zero attached hydrogens (tertiary/aromatic N) is 2. The first-order chi connectivity index (χ1) is 15.4. The molecule has 0 bridgehead atoms. The number of nitrogens with one attached hydrogen (secondary N) is 3. The molecule has 4 amide bonds. The molecule has 0 aliphatic carbocycles. The number of hydrogen-bond donors (Lipinski definition) is 3. The Bertz CT molecular complexity index is 745. The second-order valence-electron chi connectivity index (χ2n) is 7.10. The summed E-state index contributed by atoms with van der Waals surface area (Å²) in [6, 6.07) is 3.47.